The van der Waals surface area contributed by atoms with Crippen LogP contribution in [0.25, 0.3) is 10.9 Å². The van der Waals surface area contributed by atoms with Crippen molar-refractivity contribution in [2.45, 2.75) is 52.2 Å². The number of nitrogens with one attached hydrogen (secondary N) is 2. The summed E-state index contributed by atoms with van der Waals surface area (Å²) < 4.78 is 30.5. The topological polar surface area (TPSA) is 99.8 Å². The molecule has 0 bridgehead atoms. The summed E-state index contributed by atoms with van der Waals surface area (Å²) in [6.07, 6.45) is 1.83. The molecule has 0 saturated heterocycles. The average molecular weight is 466 g/mol. The molecule has 2 amide bonds. The zero-order valence-corrected chi connectivity index (χ0v) is 19.2. The number of carbonyl (C=O) groups is 2. The highest BCUT2D eigenvalue weighted by molar-refractivity contribution is 6.06. The molecule has 0 radical (unpaired) electrons. The van der Waals surface area contributed by atoms with E-state index in [-0.39, 0.29) is 46.2 Å². The number of amides is 2. The number of fused-ring (bicyclic) bond motifs is 1. The van der Waals surface area contributed by atoms with Gasteiger partial charge in [-0.1, -0.05) is 39.0 Å². The van der Waals surface area contributed by atoms with E-state index in [1.165, 1.54) is 28.9 Å². The smallest absolute Gasteiger partial charge is 0.273 e. The minimum Gasteiger partial charge on any atom is -0.352 e. The zero-order chi connectivity index (χ0) is 24.6. The molecule has 3 aromatic rings. The van der Waals surface area contributed by atoms with Crippen molar-refractivity contribution in [3.05, 3.63) is 64.9 Å². The number of aromatic nitrogens is 2. The Balaban J connectivity index is 1.69. The first-order valence-corrected chi connectivity index (χ1v) is 11.0. The molecule has 1 saturated carbocycles. The Morgan fingerprint density at radius 2 is 1.94 bits per heavy atom. The van der Waals surface area contributed by atoms with Crippen molar-refractivity contribution in [2.75, 3.05) is 0 Å². The molecule has 2 aromatic carbocycles. The van der Waals surface area contributed by atoms with Gasteiger partial charge in [0.05, 0.1) is 18.2 Å². The predicted octanol–water partition coefficient (Wildman–Crippen LogP) is 3.66. The highest BCUT2D eigenvalue weighted by atomic mass is 19.1. The van der Waals surface area contributed by atoms with E-state index in [1.807, 2.05) is 26.8 Å². The van der Waals surface area contributed by atoms with Crippen LogP contribution in [0.2, 0.25) is 0 Å². The van der Waals surface area contributed by atoms with Gasteiger partial charge in [-0.25, -0.2) is 8.78 Å². The quantitative estimate of drug-likeness (QED) is 0.580. The number of halogens is 2. The lowest BCUT2D eigenvalue weighted by Crippen LogP contribution is -2.54. The van der Waals surface area contributed by atoms with Gasteiger partial charge in [-0.3, -0.25) is 14.3 Å². The molecule has 1 atom stereocenters. The summed E-state index contributed by atoms with van der Waals surface area (Å²) in [6, 6.07) is 9.40. The maximum atomic E-state index is 14.8. The van der Waals surface area contributed by atoms with Gasteiger partial charge in [0.2, 0.25) is 5.91 Å². The molecule has 1 aromatic heterocycles. The summed E-state index contributed by atoms with van der Waals surface area (Å²) in [4.78, 5) is 26.0. The zero-order valence-electron chi connectivity index (χ0n) is 19.2. The molecule has 176 valence electrons. The maximum Gasteiger partial charge on any atom is 0.273 e. The van der Waals surface area contributed by atoms with Crippen molar-refractivity contribution in [1.29, 1.82) is 5.26 Å². The molecule has 7 nitrogen and oxygen atoms in total. The van der Waals surface area contributed by atoms with Crippen molar-refractivity contribution in [1.82, 2.24) is 20.4 Å². The lowest BCUT2D eigenvalue weighted by molar-refractivity contribution is -0.125. The summed E-state index contributed by atoms with van der Waals surface area (Å²) in [7, 11) is 0. The van der Waals surface area contributed by atoms with Crippen molar-refractivity contribution in [3.63, 3.8) is 0 Å². The molecular formula is C25H25F2N5O2. The minimum absolute atomic E-state index is 0.0474. The average Bonchev–Trinajstić information content (AvgIpc) is 3.51. The van der Waals surface area contributed by atoms with Crippen LogP contribution >= 0.6 is 0 Å². The van der Waals surface area contributed by atoms with Gasteiger partial charge in [0.25, 0.3) is 5.91 Å². The van der Waals surface area contributed by atoms with Crippen LogP contribution in [0, 0.1) is 28.4 Å². The number of benzene rings is 2. The molecule has 1 unspecified atom stereocenters. The molecule has 1 fully saturated rings. The molecule has 0 aliphatic heterocycles. The third-order valence-electron chi connectivity index (χ3n) is 5.77. The number of hydrogen-bond acceptors (Lipinski definition) is 4. The highest BCUT2D eigenvalue weighted by Gasteiger charge is 2.36. The van der Waals surface area contributed by atoms with Gasteiger partial charge in [0.1, 0.15) is 23.2 Å². The van der Waals surface area contributed by atoms with E-state index in [0.29, 0.717) is 0 Å². The fraction of sp³-hybridized carbons (Fsp3) is 0.360. The molecular weight excluding hydrogens is 440 g/mol. The summed E-state index contributed by atoms with van der Waals surface area (Å²) in [6.45, 7) is 5.38. The second-order valence-electron chi connectivity index (χ2n) is 9.62. The van der Waals surface area contributed by atoms with E-state index >= 15 is 0 Å². The first-order valence-electron chi connectivity index (χ1n) is 11.0. The molecule has 1 heterocycles. The van der Waals surface area contributed by atoms with E-state index in [1.54, 1.807) is 6.07 Å². The Kier molecular flexibility index (Phi) is 6.09. The van der Waals surface area contributed by atoms with Crippen LogP contribution in [-0.2, 0) is 11.3 Å². The summed E-state index contributed by atoms with van der Waals surface area (Å²) in [5.74, 6) is -2.15. The summed E-state index contributed by atoms with van der Waals surface area (Å²) in [5.41, 5.74) is -0.238. The monoisotopic (exact) mass is 465 g/mol. The molecule has 0 spiro atoms. The standard InChI is InChI=1S/C25H25F2N5O2/c1-25(2,3)22(24(34)29-16-9-10-16)30-23(33)20-17-5-4-6-18(26)21(17)32(31-20)13-15-8-7-14(12-28)11-19(15)27/h4-8,11,16,22H,9-10,13H2,1-3H3,(H,29,34)(H,30,33). The summed E-state index contributed by atoms with van der Waals surface area (Å²) >= 11 is 0. The summed E-state index contributed by atoms with van der Waals surface area (Å²) in [5, 5.41) is 19.2. The number of rotatable bonds is 6. The Morgan fingerprint density at radius 1 is 1.21 bits per heavy atom. The first kappa shape index (κ1) is 23.4. The van der Waals surface area contributed by atoms with Crippen LogP contribution in [0.15, 0.2) is 36.4 Å². The highest BCUT2D eigenvalue weighted by Crippen LogP contribution is 2.26. The van der Waals surface area contributed by atoms with Gasteiger partial charge >= 0.3 is 0 Å². The van der Waals surface area contributed by atoms with Crippen LogP contribution in [0.3, 0.4) is 0 Å². The van der Waals surface area contributed by atoms with Crippen molar-refractivity contribution in [2.24, 2.45) is 5.41 Å². The normalized spacial score (nSPS) is 14.5. The SMILES string of the molecule is CC(C)(C)C(NC(=O)c1nn(Cc2ccc(C#N)cc2F)c2c(F)cccc12)C(=O)NC1CC1. The van der Waals surface area contributed by atoms with E-state index in [4.69, 9.17) is 5.26 Å². The van der Waals surface area contributed by atoms with Crippen LogP contribution in [0.5, 0.6) is 0 Å². The van der Waals surface area contributed by atoms with E-state index in [0.717, 1.165) is 18.9 Å². The fourth-order valence-corrected chi connectivity index (χ4v) is 3.77. The molecule has 1 aliphatic rings. The second kappa shape index (κ2) is 8.86. The van der Waals surface area contributed by atoms with Gasteiger partial charge in [-0.15, -0.1) is 0 Å². The lowest BCUT2D eigenvalue weighted by atomic mass is 9.86. The number of nitriles is 1. The molecule has 9 heteroatoms. The lowest BCUT2D eigenvalue weighted by Gasteiger charge is -2.30. The number of hydrogen-bond donors (Lipinski definition) is 2. The van der Waals surface area contributed by atoms with Crippen molar-refractivity contribution < 1.29 is 18.4 Å². The van der Waals surface area contributed by atoms with E-state index < -0.39 is 29.0 Å². The Labute approximate surface area is 195 Å². The van der Waals surface area contributed by atoms with Gasteiger partial charge in [0.15, 0.2) is 5.69 Å². The number of nitrogens with zero attached hydrogens (tertiary/aromatic N) is 3. The van der Waals surface area contributed by atoms with Gasteiger partial charge < -0.3 is 10.6 Å². The Morgan fingerprint density at radius 3 is 2.56 bits per heavy atom. The van der Waals surface area contributed by atoms with Crippen molar-refractivity contribution in [3.8, 4) is 6.07 Å². The third-order valence-corrected chi connectivity index (χ3v) is 5.77. The van der Waals surface area contributed by atoms with Gasteiger partial charge in [0, 0.05) is 17.0 Å². The van der Waals surface area contributed by atoms with Crippen LogP contribution in [0.1, 0.15) is 55.2 Å². The Bertz CT molecular complexity index is 1320. The predicted molar refractivity (Wildman–Crippen MR) is 122 cm³/mol. The van der Waals surface area contributed by atoms with E-state index in [2.05, 4.69) is 15.7 Å². The third kappa shape index (κ3) is 4.76. The number of para-hydroxylation sites is 1. The van der Waals surface area contributed by atoms with Crippen LogP contribution < -0.4 is 10.6 Å². The van der Waals surface area contributed by atoms with Crippen molar-refractivity contribution >= 4 is 22.7 Å². The maximum absolute atomic E-state index is 14.8. The van der Waals surface area contributed by atoms with Crippen LogP contribution in [-0.4, -0.2) is 33.7 Å². The largest absolute Gasteiger partial charge is 0.352 e. The molecule has 1 aliphatic carbocycles. The fourth-order valence-electron chi connectivity index (χ4n) is 3.77. The molecule has 34 heavy (non-hydrogen) atoms. The Hall–Kier alpha value is -3.80. The van der Waals surface area contributed by atoms with E-state index in [9.17, 15) is 18.4 Å². The molecule has 2 N–H and O–H groups in total. The first-order chi connectivity index (χ1) is 16.1. The minimum atomic E-state index is -0.828. The van der Waals surface area contributed by atoms with Crippen LogP contribution in [0.4, 0.5) is 8.78 Å². The second-order valence-corrected chi connectivity index (χ2v) is 9.62. The van der Waals surface area contributed by atoms with Gasteiger partial charge in [-0.05, 0) is 36.5 Å². The van der Waals surface area contributed by atoms with Gasteiger partial charge in [-0.2, -0.15) is 10.4 Å². The number of carbonyl (C=O) groups excluding carboxylic acids is 2. The molecule has 4 rings (SSSR count).